The lowest BCUT2D eigenvalue weighted by atomic mass is 10.0. The number of nitrogens with two attached hydrogens (primary N) is 1. The number of primary amides is 1. The minimum Gasteiger partial charge on any atom is -0.368 e. The highest BCUT2D eigenvalue weighted by atomic mass is 16.2. The summed E-state index contributed by atoms with van der Waals surface area (Å²) in [7, 11) is 0. The monoisotopic (exact) mass is 349 g/mol. The summed E-state index contributed by atoms with van der Waals surface area (Å²) in [6, 6.07) is 13.8. The molecule has 0 aliphatic carbocycles. The van der Waals surface area contributed by atoms with Gasteiger partial charge in [0.1, 0.15) is 11.8 Å². The van der Waals surface area contributed by atoms with Gasteiger partial charge in [-0.25, -0.2) is 4.98 Å². The number of carbonyl (C=O) groups is 3. The SMILES string of the molecule is CC(=O)CC[C@@H](NC(=O)c1c2ccccc2nc2ccccc12)C(N)=O. The Kier molecular flexibility index (Phi) is 4.93. The van der Waals surface area contributed by atoms with E-state index in [0.717, 1.165) is 0 Å². The van der Waals surface area contributed by atoms with Crippen molar-refractivity contribution in [2.24, 2.45) is 5.73 Å². The van der Waals surface area contributed by atoms with Crippen LogP contribution in [0.1, 0.15) is 30.1 Å². The van der Waals surface area contributed by atoms with Crippen LogP contribution >= 0.6 is 0 Å². The lowest BCUT2D eigenvalue weighted by Gasteiger charge is -2.17. The van der Waals surface area contributed by atoms with Gasteiger partial charge >= 0.3 is 0 Å². The third kappa shape index (κ3) is 3.54. The third-order valence-corrected chi connectivity index (χ3v) is 4.25. The minimum atomic E-state index is -0.905. The van der Waals surface area contributed by atoms with E-state index >= 15 is 0 Å². The molecule has 2 aromatic carbocycles. The van der Waals surface area contributed by atoms with E-state index in [1.54, 1.807) is 0 Å². The Morgan fingerprint density at radius 2 is 1.54 bits per heavy atom. The number of pyridine rings is 1. The highest BCUT2D eigenvalue weighted by molar-refractivity contribution is 6.16. The number of fused-ring (bicyclic) bond motifs is 2. The Bertz CT molecular complexity index is 960. The maximum atomic E-state index is 13.0. The Balaban J connectivity index is 2.05. The average molecular weight is 349 g/mol. The topological polar surface area (TPSA) is 102 Å². The first-order valence-electron chi connectivity index (χ1n) is 8.34. The van der Waals surface area contributed by atoms with E-state index in [2.05, 4.69) is 10.3 Å². The van der Waals surface area contributed by atoms with Gasteiger partial charge in [0.25, 0.3) is 5.91 Å². The highest BCUT2D eigenvalue weighted by Crippen LogP contribution is 2.26. The first-order valence-corrected chi connectivity index (χ1v) is 8.34. The van der Waals surface area contributed by atoms with E-state index in [1.165, 1.54) is 6.92 Å². The smallest absolute Gasteiger partial charge is 0.253 e. The molecule has 0 fully saturated rings. The molecular formula is C20H19N3O3. The second-order valence-corrected chi connectivity index (χ2v) is 6.19. The van der Waals surface area contributed by atoms with Crippen molar-refractivity contribution in [1.82, 2.24) is 10.3 Å². The number of hydrogen-bond acceptors (Lipinski definition) is 4. The maximum Gasteiger partial charge on any atom is 0.253 e. The zero-order valence-electron chi connectivity index (χ0n) is 14.4. The molecule has 0 bridgehead atoms. The number of hydrogen-bond donors (Lipinski definition) is 2. The summed E-state index contributed by atoms with van der Waals surface area (Å²) in [5.74, 6) is -1.14. The Morgan fingerprint density at radius 3 is 2.04 bits per heavy atom. The fourth-order valence-corrected chi connectivity index (χ4v) is 2.95. The van der Waals surface area contributed by atoms with Crippen molar-refractivity contribution in [3.63, 3.8) is 0 Å². The predicted octanol–water partition coefficient (Wildman–Crippen LogP) is 2.34. The second-order valence-electron chi connectivity index (χ2n) is 6.19. The Labute approximate surface area is 150 Å². The van der Waals surface area contributed by atoms with E-state index in [4.69, 9.17) is 5.73 Å². The molecule has 132 valence electrons. The molecule has 0 saturated carbocycles. The van der Waals surface area contributed by atoms with E-state index in [-0.39, 0.29) is 18.6 Å². The number of aromatic nitrogens is 1. The first-order chi connectivity index (χ1) is 12.5. The number of ketones is 1. The van der Waals surface area contributed by atoms with Crippen LogP contribution in [0.3, 0.4) is 0 Å². The minimum absolute atomic E-state index is 0.0645. The average Bonchev–Trinajstić information content (AvgIpc) is 2.62. The molecular weight excluding hydrogens is 330 g/mol. The van der Waals surface area contributed by atoms with Gasteiger partial charge in [0, 0.05) is 17.2 Å². The molecule has 1 aromatic heterocycles. The Morgan fingerprint density at radius 1 is 1.00 bits per heavy atom. The number of amides is 2. The summed E-state index contributed by atoms with van der Waals surface area (Å²) in [5, 5.41) is 4.07. The summed E-state index contributed by atoms with van der Waals surface area (Å²) < 4.78 is 0. The molecule has 0 spiro atoms. The second kappa shape index (κ2) is 7.31. The molecule has 6 nitrogen and oxygen atoms in total. The number of Topliss-reactive ketones (excluding diaryl/α,β-unsaturated/α-hetero) is 1. The van der Waals surface area contributed by atoms with Crippen molar-refractivity contribution in [2.45, 2.75) is 25.8 Å². The van der Waals surface area contributed by atoms with Crippen molar-refractivity contribution in [2.75, 3.05) is 0 Å². The van der Waals surface area contributed by atoms with E-state index < -0.39 is 17.9 Å². The molecule has 3 N–H and O–H groups in total. The number of rotatable bonds is 6. The normalized spacial score (nSPS) is 12.0. The van der Waals surface area contributed by atoms with Gasteiger partial charge in [0.15, 0.2) is 0 Å². The van der Waals surface area contributed by atoms with E-state index in [0.29, 0.717) is 27.4 Å². The van der Waals surface area contributed by atoms with Crippen LogP contribution in [-0.4, -0.2) is 28.6 Å². The van der Waals surface area contributed by atoms with Gasteiger partial charge in [-0.1, -0.05) is 36.4 Å². The van der Waals surface area contributed by atoms with Crippen LogP contribution in [-0.2, 0) is 9.59 Å². The van der Waals surface area contributed by atoms with Gasteiger partial charge in [-0.15, -0.1) is 0 Å². The number of nitrogens with one attached hydrogen (secondary N) is 1. The van der Waals surface area contributed by atoms with Crippen LogP contribution in [0, 0.1) is 0 Å². The first kappa shape index (κ1) is 17.5. The van der Waals surface area contributed by atoms with Crippen molar-refractivity contribution >= 4 is 39.4 Å². The van der Waals surface area contributed by atoms with Crippen LogP contribution in [0.2, 0.25) is 0 Å². The number of nitrogens with zero attached hydrogens (tertiary/aromatic N) is 1. The summed E-state index contributed by atoms with van der Waals surface area (Å²) in [6.07, 6.45) is 0.350. The molecule has 0 saturated heterocycles. The molecule has 0 radical (unpaired) electrons. The molecule has 6 heteroatoms. The van der Waals surface area contributed by atoms with E-state index in [9.17, 15) is 14.4 Å². The van der Waals surface area contributed by atoms with Crippen molar-refractivity contribution in [3.8, 4) is 0 Å². The summed E-state index contributed by atoms with van der Waals surface area (Å²) in [5.41, 5.74) is 7.22. The molecule has 26 heavy (non-hydrogen) atoms. The fourth-order valence-electron chi connectivity index (χ4n) is 2.95. The van der Waals surface area contributed by atoms with Crippen molar-refractivity contribution in [3.05, 3.63) is 54.1 Å². The number of para-hydroxylation sites is 2. The lowest BCUT2D eigenvalue weighted by Crippen LogP contribution is -2.44. The summed E-state index contributed by atoms with van der Waals surface area (Å²) >= 11 is 0. The predicted molar refractivity (Wildman–Crippen MR) is 99.6 cm³/mol. The van der Waals surface area contributed by atoms with Gasteiger partial charge in [-0.05, 0) is 25.5 Å². The summed E-state index contributed by atoms with van der Waals surface area (Å²) in [6.45, 7) is 1.43. The van der Waals surface area contributed by atoms with Crippen LogP contribution < -0.4 is 11.1 Å². The van der Waals surface area contributed by atoms with Crippen LogP contribution in [0.4, 0.5) is 0 Å². The quantitative estimate of drug-likeness (QED) is 0.667. The number of benzene rings is 2. The zero-order chi connectivity index (χ0) is 18.7. The Hall–Kier alpha value is -3.28. The zero-order valence-corrected chi connectivity index (χ0v) is 14.4. The maximum absolute atomic E-state index is 13.0. The van der Waals surface area contributed by atoms with Gasteiger partial charge in [0.2, 0.25) is 5.91 Å². The van der Waals surface area contributed by atoms with Gasteiger partial charge in [-0.3, -0.25) is 9.59 Å². The highest BCUT2D eigenvalue weighted by Gasteiger charge is 2.22. The molecule has 0 aliphatic rings. The molecule has 1 atom stereocenters. The van der Waals surface area contributed by atoms with Gasteiger partial charge in [0.05, 0.1) is 16.6 Å². The lowest BCUT2D eigenvalue weighted by molar-refractivity contribution is -0.120. The molecule has 1 heterocycles. The largest absolute Gasteiger partial charge is 0.368 e. The molecule has 3 aromatic rings. The molecule has 0 aliphatic heterocycles. The van der Waals surface area contributed by atoms with Crippen molar-refractivity contribution in [1.29, 1.82) is 0 Å². The van der Waals surface area contributed by atoms with Crippen LogP contribution in [0.25, 0.3) is 21.8 Å². The van der Waals surface area contributed by atoms with Crippen LogP contribution in [0.5, 0.6) is 0 Å². The number of carbonyl (C=O) groups excluding carboxylic acids is 3. The van der Waals surface area contributed by atoms with E-state index in [1.807, 2.05) is 48.5 Å². The molecule has 2 amide bonds. The standard InChI is InChI=1S/C20H19N3O3/c1-12(24)10-11-17(19(21)25)23-20(26)18-13-6-2-4-8-15(13)22-16-9-5-3-7-14(16)18/h2-9,17H,10-11H2,1H3,(H2,21,25)(H,23,26)/t17-/m1/s1. The van der Waals surface area contributed by atoms with Gasteiger partial charge < -0.3 is 15.8 Å². The fraction of sp³-hybridized carbons (Fsp3) is 0.200. The molecule has 3 rings (SSSR count). The van der Waals surface area contributed by atoms with Gasteiger partial charge in [-0.2, -0.15) is 0 Å². The van der Waals surface area contributed by atoms with Crippen molar-refractivity contribution < 1.29 is 14.4 Å². The molecule has 0 unspecified atom stereocenters. The summed E-state index contributed by atoms with van der Waals surface area (Å²) in [4.78, 5) is 40.5. The third-order valence-electron chi connectivity index (χ3n) is 4.25. The van der Waals surface area contributed by atoms with Crippen LogP contribution in [0.15, 0.2) is 48.5 Å².